The number of pyridine rings is 1. The molecule has 1 aliphatic rings. The van der Waals surface area contributed by atoms with Gasteiger partial charge in [-0.25, -0.2) is 9.67 Å². The molecule has 0 fully saturated rings. The smallest absolute Gasteiger partial charge is 0.150 e. The molecular formula is C18H23N7. The Balaban J connectivity index is 1.46. The number of aryl methyl sites for hydroxylation is 3. The van der Waals surface area contributed by atoms with Gasteiger partial charge in [-0.1, -0.05) is 6.92 Å². The SMILES string of the molecule is CCc1nc2n(n1)C[C@@H](NCc1cn(C)nc1-c1cccnc1)CC2. The minimum atomic E-state index is 0.404. The predicted molar refractivity (Wildman–Crippen MR) is 94.8 cm³/mol. The standard InChI is InChI=1S/C18H23N7/c1-3-16-21-17-7-6-15(12-25(17)22-16)20-10-14-11-24(2)23-18(14)13-5-4-8-19-9-13/h4-5,8-9,11,15,20H,3,6-7,10,12H2,1-2H3/t15-/m0/s1. The lowest BCUT2D eigenvalue weighted by molar-refractivity contribution is 0.357. The zero-order valence-electron chi connectivity index (χ0n) is 14.7. The molecule has 0 bridgehead atoms. The van der Waals surface area contributed by atoms with Crippen molar-refractivity contribution in [2.24, 2.45) is 7.05 Å². The molecule has 0 radical (unpaired) electrons. The molecule has 4 heterocycles. The molecule has 1 aliphatic heterocycles. The Kier molecular flexibility index (Phi) is 4.31. The summed E-state index contributed by atoms with van der Waals surface area (Å²) in [5, 5.41) is 12.9. The van der Waals surface area contributed by atoms with Crippen molar-refractivity contribution in [1.82, 2.24) is 34.8 Å². The van der Waals surface area contributed by atoms with Crippen LogP contribution in [0.5, 0.6) is 0 Å². The highest BCUT2D eigenvalue weighted by Crippen LogP contribution is 2.21. The van der Waals surface area contributed by atoms with Crippen LogP contribution < -0.4 is 5.32 Å². The van der Waals surface area contributed by atoms with Crippen molar-refractivity contribution in [2.75, 3.05) is 0 Å². The maximum absolute atomic E-state index is 4.60. The van der Waals surface area contributed by atoms with Crippen LogP contribution in [0.4, 0.5) is 0 Å². The average molecular weight is 337 g/mol. The highest BCUT2D eigenvalue weighted by molar-refractivity contribution is 5.61. The van der Waals surface area contributed by atoms with Crippen molar-refractivity contribution >= 4 is 0 Å². The Labute approximate surface area is 147 Å². The van der Waals surface area contributed by atoms with E-state index in [4.69, 9.17) is 0 Å². The van der Waals surface area contributed by atoms with Gasteiger partial charge in [0.15, 0.2) is 5.82 Å². The third-order valence-electron chi connectivity index (χ3n) is 4.64. The van der Waals surface area contributed by atoms with Crippen LogP contribution in [0.25, 0.3) is 11.3 Å². The summed E-state index contributed by atoms with van der Waals surface area (Å²) in [5.41, 5.74) is 3.23. The van der Waals surface area contributed by atoms with Gasteiger partial charge in [0.25, 0.3) is 0 Å². The Morgan fingerprint density at radius 3 is 3.04 bits per heavy atom. The number of fused-ring (bicyclic) bond motifs is 1. The summed E-state index contributed by atoms with van der Waals surface area (Å²) in [6.45, 7) is 3.76. The quantitative estimate of drug-likeness (QED) is 0.768. The summed E-state index contributed by atoms with van der Waals surface area (Å²) in [5.74, 6) is 2.06. The molecule has 7 nitrogen and oxygen atoms in total. The van der Waals surface area contributed by atoms with Crippen LogP contribution in [0.1, 0.15) is 30.6 Å². The second-order valence-corrected chi connectivity index (χ2v) is 6.51. The van der Waals surface area contributed by atoms with Gasteiger partial charge in [-0.3, -0.25) is 9.67 Å². The Bertz CT molecular complexity index is 850. The van der Waals surface area contributed by atoms with E-state index in [9.17, 15) is 0 Å². The maximum Gasteiger partial charge on any atom is 0.150 e. The molecule has 3 aromatic rings. The van der Waals surface area contributed by atoms with E-state index in [0.717, 1.165) is 55.3 Å². The van der Waals surface area contributed by atoms with Crippen LogP contribution in [0, 0.1) is 0 Å². The summed E-state index contributed by atoms with van der Waals surface area (Å²) >= 11 is 0. The van der Waals surface area contributed by atoms with Gasteiger partial charge in [-0.05, 0) is 18.6 Å². The van der Waals surface area contributed by atoms with Crippen LogP contribution >= 0.6 is 0 Å². The number of hydrogen-bond acceptors (Lipinski definition) is 5. The van der Waals surface area contributed by atoms with Crippen LogP contribution in [0.2, 0.25) is 0 Å². The van der Waals surface area contributed by atoms with Gasteiger partial charge in [-0.2, -0.15) is 10.2 Å². The van der Waals surface area contributed by atoms with E-state index in [-0.39, 0.29) is 0 Å². The zero-order valence-corrected chi connectivity index (χ0v) is 14.7. The fraction of sp³-hybridized carbons (Fsp3) is 0.444. The first kappa shape index (κ1) is 16.0. The predicted octanol–water partition coefficient (Wildman–Crippen LogP) is 1.74. The zero-order chi connectivity index (χ0) is 17.2. The van der Waals surface area contributed by atoms with Crippen molar-refractivity contribution < 1.29 is 0 Å². The van der Waals surface area contributed by atoms with Crippen molar-refractivity contribution in [3.63, 3.8) is 0 Å². The van der Waals surface area contributed by atoms with E-state index in [2.05, 4.69) is 43.3 Å². The van der Waals surface area contributed by atoms with Gasteiger partial charge in [0, 0.05) is 62.2 Å². The van der Waals surface area contributed by atoms with Gasteiger partial charge in [0.2, 0.25) is 0 Å². The maximum atomic E-state index is 4.60. The van der Waals surface area contributed by atoms with Gasteiger partial charge in [0.1, 0.15) is 5.82 Å². The molecule has 4 rings (SSSR count). The van der Waals surface area contributed by atoms with Crippen LogP contribution in [0.15, 0.2) is 30.7 Å². The van der Waals surface area contributed by atoms with E-state index in [1.165, 1.54) is 5.56 Å². The van der Waals surface area contributed by atoms with Gasteiger partial charge >= 0.3 is 0 Å². The Morgan fingerprint density at radius 1 is 1.32 bits per heavy atom. The molecule has 3 aromatic heterocycles. The molecule has 0 unspecified atom stereocenters. The third kappa shape index (κ3) is 3.32. The molecule has 0 amide bonds. The topological polar surface area (TPSA) is 73.5 Å². The molecule has 1 N–H and O–H groups in total. The van der Waals surface area contributed by atoms with Crippen molar-refractivity contribution in [3.05, 3.63) is 47.9 Å². The van der Waals surface area contributed by atoms with Crippen LogP contribution in [0.3, 0.4) is 0 Å². The van der Waals surface area contributed by atoms with Crippen LogP contribution in [-0.4, -0.2) is 35.6 Å². The lowest BCUT2D eigenvalue weighted by Gasteiger charge is -2.23. The lowest BCUT2D eigenvalue weighted by atomic mass is 10.1. The second kappa shape index (κ2) is 6.76. The molecule has 0 spiro atoms. The van der Waals surface area contributed by atoms with Gasteiger partial charge < -0.3 is 5.32 Å². The van der Waals surface area contributed by atoms with Crippen LogP contribution in [-0.2, 0) is 33.0 Å². The largest absolute Gasteiger partial charge is 0.308 e. The van der Waals surface area contributed by atoms with Crippen molar-refractivity contribution in [2.45, 2.75) is 45.3 Å². The van der Waals surface area contributed by atoms with E-state index < -0.39 is 0 Å². The molecule has 0 saturated carbocycles. The fourth-order valence-electron chi connectivity index (χ4n) is 3.34. The van der Waals surface area contributed by atoms with E-state index >= 15 is 0 Å². The first-order valence-corrected chi connectivity index (χ1v) is 8.82. The van der Waals surface area contributed by atoms with Gasteiger partial charge in [0.05, 0.1) is 12.2 Å². The Hall–Kier alpha value is -2.54. The fourth-order valence-corrected chi connectivity index (χ4v) is 3.34. The summed E-state index contributed by atoms with van der Waals surface area (Å²) in [6, 6.07) is 4.40. The van der Waals surface area contributed by atoms with Crippen molar-refractivity contribution in [1.29, 1.82) is 0 Å². The van der Waals surface area contributed by atoms with E-state index in [0.29, 0.717) is 6.04 Å². The molecular weight excluding hydrogens is 314 g/mol. The van der Waals surface area contributed by atoms with E-state index in [1.54, 1.807) is 6.20 Å². The highest BCUT2D eigenvalue weighted by Gasteiger charge is 2.21. The van der Waals surface area contributed by atoms with Gasteiger partial charge in [-0.15, -0.1) is 0 Å². The molecule has 130 valence electrons. The summed E-state index contributed by atoms with van der Waals surface area (Å²) in [7, 11) is 1.96. The number of aromatic nitrogens is 6. The molecule has 7 heteroatoms. The Morgan fingerprint density at radius 2 is 2.24 bits per heavy atom. The second-order valence-electron chi connectivity index (χ2n) is 6.51. The molecule has 25 heavy (non-hydrogen) atoms. The minimum absolute atomic E-state index is 0.404. The minimum Gasteiger partial charge on any atom is -0.308 e. The monoisotopic (exact) mass is 337 g/mol. The first-order chi connectivity index (χ1) is 12.2. The van der Waals surface area contributed by atoms with E-state index in [1.807, 2.05) is 30.1 Å². The lowest BCUT2D eigenvalue weighted by Crippen LogP contribution is -2.37. The summed E-state index contributed by atoms with van der Waals surface area (Å²) < 4.78 is 3.93. The number of nitrogens with one attached hydrogen (secondary N) is 1. The first-order valence-electron chi connectivity index (χ1n) is 8.82. The summed E-state index contributed by atoms with van der Waals surface area (Å²) in [6.07, 6.45) is 8.68. The average Bonchev–Trinajstić information content (AvgIpc) is 3.23. The highest BCUT2D eigenvalue weighted by atomic mass is 15.4. The number of hydrogen-bond donors (Lipinski definition) is 1. The molecule has 1 atom stereocenters. The normalized spacial score (nSPS) is 16.8. The number of nitrogens with zero attached hydrogens (tertiary/aromatic N) is 6. The molecule has 0 saturated heterocycles. The third-order valence-corrected chi connectivity index (χ3v) is 4.64. The number of rotatable bonds is 5. The van der Waals surface area contributed by atoms with Crippen molar-refractivity contribution in [3.8, 4) is 11.3 Å². The summed E-state index contributed by atoms with van der Waals surface area (Å²) in [4.78, 5) is 8.79. The molecule has 0 aliphatic carbocycles. The molecule has 0 aromatic carbocycles.